The summed E-state index contributed by atoms with van der Waals surface area (Å²) in [6, 6.07) is 17.0. The van der Waals surface area contributed by atoms with E-state index in [0.29, 0.717) is 44.8 Å². The van der Waals surface area contributed by atoms with Crippen molar-refractivity contribution in [1.29, 1.82) is 0 Å². The third-order valence-electron chi connectivity index (χ3n) is 6.72. The van der Waals surface area contributed by atoms with E-state index in [1.54, 1.807) is 30.7 Å². The normalized spacial score (nSPS) is 17.5. The number of para-hydroxylation sites is 1. The molecule has 2 aliphatic heterocycles. The molecule has 2 aromatic rings. The van der Waals surface area contributed by atoms with Crippen molar-refractivity contribution in [3.8, 4) is 5.75 Å². The van der Waals surface area contributed by atoms with Crippen LogP contribution in [0.1, 0.15) is 32.3 Å². The van der Waals surface area contributed by atoms with Crippen LogP contribution < -0.4 is 15.4 Å². The molecule has 1 radical (unpaired) electrons. The van der Waals surface area contributed by atoms with Crippen molar-refractivity contribution < 1.29 is 19.1 Å². The number of carbonyl (C=O) groups excluding carboxylic acids is 3. The number of piperidine rings is 1. The molecule has 8 nitrogen and oxygen atoms in total. The van der Waals surface area contributed by atoms with Gasteiger partial charge in [0.05, 0.1) is 13.1 Å². The molecule has 0 bridgehead atoms. The lowest BCUT2D eigenvalue weighted by molar-refractivity contribution is -0.138. The Morgan fingerprint density at radius 3 is 2.29 bits per heavy atom. The molecule has 2 aromatic carbocycles. The Morgan fingerprint density at radius 2 is 1.71 bits per heavy atom. The average molecular weight is 464 g/mol. The molecule has 8 heteroatoms. The number of ether oxygens (including phenoxy) is 1. The Morgan fingerprint density at radius 1 is 1.06 bits per heavy atom. The Kier molecular flexibility index (Phi) is 6.77. The SMILES string of the molecule is CC(C)N1CN(c2ccccc2)C2(CCN(C(=O)[CH]Cc3ccc(OC(N)=O)cc3)CC2)C1=O. The summed E-state index contributed by atoms with van der Waals surface area (Å²) in [5.41, 5.74) is 6.36. The Labute approximate surface area is 200 Å². The van der Waals surface area contributed by atoms with Crippen LogP contribution in [0.4, 0.5) is 10.5 Å². The van der Waals surface area contributed by atoms with Crippen LogP contribution in [0.25, 0.3) is 0 Å². The summed E-state index contributed by atoms with van der Waals surface area (Å²) in [6.07, 6.45) is 2.47. The van der Waals surface area contributed by atoms with Gasteiger partial charge in [-0.3, -0.25) is 9.59 Å². The molecule has 0 aliphatic carbocycles. The van der Waals surface area contributed by atoms with Gasteiger partial charge in [-0.2, -0.15) is 0 Å². The van der Waals surface area contributed by atoms with E-state index in [-0.39, 0.29) is 17.9 Å². The van der Waals surface area contributed by atoms with Crippen molar-refractivity contribution in [2.45, 2.75) is 44.7 Å². The van der Waals surface area contributed by atoms with Gasteiger partial charge in [0.25, 0.3) is 0 Å². The summed E-state index contributed by atoms with van der Waals surface area (Å²) in [5, 5.41) is 0. The fourth-order valence-corrected chi connectivity index (χ4v) is 4.79. The number of benzene rings is 2. The number of carbonyl (C=O) groups is 3. The highest BCUT2D eigenvalue weighted by Crippen LogP contribution is 2.40. The first-order chi connectivity index (χ1) is 16.3. The van der Waals surface area contributed by atoms with Crippen molar-refractivity contribution in [3.05, 3.63) is 66.6 Å². The molecular weight excluding hydrogens is 432 g/mol. The first-order valence-electron chi connectivity index (χ1n) is 11.6. The van der Waals surface area contributed by atoms with Crippen LogP contribution in [0.2, 0.25) is 0 Å². The minimum absolute atomic E-state index is 0.0373. The van der Waals surface area contributed by atoms with Gasteiger partial charge in [0.15, 0.2) is 0 Å². The molecule has 2 aliphatic rings. The van der Waals surface area contributed by atoms with Gasteiger partial charge >= 0.3 is 6.09 Å². The fourth-order valence-electron chi connectivity index (χ4n) is 4.79. The molecule has 0 unspecified atom stereocenters. The van der Waals surface area contributed by atoms with Crippen LogP contribution in [-0.2, 0) is 16.0 Å². The second-order valence-corrected chi connectivity index (χ2v) is 9.10. The standard InChI is InChI=1S/C26H31N4O4/c1-19(2)29-18-30(21-6-4-3-5-7-21)26(24(29)32)14-16-28(17-15-26)23(31)13-10-20-8-11-22(12-9-20)34-25(27)33/h3-9,11-13,19H,10,14-18H2,1-2H3,(H2,27,33). The van der Waals surface area contributed by atoms with E-state index in [2.05, 4.69) is 4.90 Å². The molecule has 34 heavy (non-hydrogen) atoms. The summed E-state index contributed by atoms with van der Waals surface area (Å²) in [7, 11) is 0. The van der Waals surface area contributed by atoms with E-state index in [1.165, 1.54) is 0 Å². The van der Waals surface area contributed by atoms with Gasteiger partial charge < -0.3 is 25.2 Å². The molecule has 2 heterocycles. The van der Waals surface area contributed by atoms with E-state index in [1.807, 2.05) is 54.0 Å². The maximum Gasteiger partial charge on any atom is 0.409 e. The maximum absolute atomic E-state index is 13.5. The van der Waals surface area contributed by atoms with Crippen molar-refractivity contribution >= 4 is 23.6 Å². The second kappa shape index (κ2) is 9.75. The van der Waals surface area contributed by atoms with Gasteiger partial charge in [0.2, 0.25) is 11.8 Å². The number of amides is 3. The number of nitrogens with two attached hydrogens (primary N) is 1. The van der Waals surface area contributed by atoms with Gasteiger partial charge in [0, 0.05) is 24.8 Å². The Balaban J connectivity index is 1.39. The second-order valence-electron chi connectivity index (χ2n) is 9.10. The molecule has 2 N–H and O–H groups in total. The molecule has 2 fully saturated rings. The molecule has 0 saturated carbocycles. The topological polar surface area (TPSA) is 96.2 Å². The maximum atomic E-state index is 13.5. The number of primary amides is 1. The number of nitrogens with zero attached hydrogens (tertiary/aromatic N) is 3. The minimum Gasteiger partial charge on any atom is -0.411 e. The summed E-state index contributed by atoms with van der Waals surface area (Å²) >= 11 is 0. The van der Waals surface area contributed by atoms with Crippen LogP contribution in [0.5, 0.6) is 5.75 Å². The predicted octanol–water partition coefficient (Wildman–Crippen LogP) is 2.97. The Hall–Kier alpha value is -3.55. The fraction of sp³-hybridized carbons (Fsp3) is 0.385. The first kappa shape index (κ1) is 23.6. The average Bonchev–Trinajstić information content (AvgIpc) is 3.11. The van der Waals surface area contributed by atoms with E-state index >= 15 is 0 Å². The lowest BCUT2D eigenvalue weighted by Crippen LogP contribution is -2.57. The van der Waals surface area contributed by atoms with E-state index in [9.17, 15) is 14.4 Å². The highest BCUT2D eigenvalue weighted by molar-refractivity contribution is 5.94. The zero-order valence-corrected chi connectivity index (χ0v) is 19.6. The third-order valence-corrected chi connectivity index (χ3v) is 6.72. The summed E-state index contributed by atoms with van der Waals surface area (Å²) < 4.78 is 4.83. The van der Waals surface area contributed by atoms with Gasteiger partial charge in [-0.15, -0.1) is 0 Å². The first-order valence-corrected chi connectivity index (χ1v) is 11.6. The number of likely N-dealkylation sites (tertiary alicyclic amines) is 1. The van der Waals surface area contributed by atoms with E-state index in [0.717, 1.165) is 11.3 Å². The molecule has 0 aromatic heterocycles. The molecule has 0 atom stereocenters. The minimum atomic E-state index is -0.861. The van der Waals surface area contributed by atoms with Crippen molar-refractivity contribution in [2.75, 3.05) is 24.7 Å². The summed E-state index contributed by atoms with van der Waals surface area (Å²) in [5.74, 6) is 0.481. The summed E-state index contributed by atoms with van der Waals surface area (Å²) in [4.78, 5) is 43.2. The van der Waals surface area contributed by atoms with Crippen molar-refractivity contribution in [3.63, 3.8) is 0 Å². The molecule has 179 valence electrons. The van der Waals surface area contributed by atoms with E-state index in [4.69, 9.17) is 10.5 Å². The molecular formula is C26H31N4O4. The molecule has 2 saturated heterocycles. The number of anilines is 1. The monoisotopic (exact) mass is 463 g/mol. The lowest BCUT2D eigenvalue weighted by Gasteiger charge is -2.43. The van der Waals surface area contributed by atoms with Crippen LogP contribution in [0.15, 0.2) is 54.6 Å². The van der Waals surface area contributed by atoms with Crippen LogP contribution >= 0.6 is 0 Å². The van der Waals surface area contributed by atoms with E-state index < -0.39 is 11.6 Å². The Bertz CT molecular complexity index is 1030. The van der Waals surface area contributed by atoms with Gasteiger partial charge in [-0.05, 0) is 62.9 Å². The van der Waals surface area contributed by atoms with Gasteiger partial charge in [0.1, 0.15) is 11.3 Å². The van der Waals surface area contributed by atoms with Crippen LogP contribution in [0, 0.1) is 6.42 Å². The van der Waals surface area contributed by atoms with Crippen LogP contribution in [-0.4, -0.2) is 59.0 Å². The van der Waals surface area contributed by atoms with Crippen LogP contribution in [0.3, 0.4) is 0 Å². The van der Waals surface area contributed by atoms with Crippen molar-refractivity contribution in [2.24, 2.45) is 5.73 Å². The highest BCUT2D eigenvalue weighted by atomic mass is 16.5. The zero-order valence-electron chi connectivity index (χ0n) is 19.6. The third kappa shape index (κ3) is 4.71. The largest absolute Gasteiger partial charge is 0.411 e. The number of hydrogen-bond donors (Lipinski definition) is 1. The zero-order chi connectivity index (χ0) is 24.3. The molecule has 4 rings (SSSR count). The van der Waals surface area contributed by atoms with Gasteiger partial charge in [-0.25, -0.2) is 4.79 Å². The smallest absolute Gasteiger partial charge is 0.409 e. The molecule has 1 spiro atoms. The van der Waals surface area contributed by atoms with Crippen molar-refractivity contribution in [1.82, 2.24) is 9.80 Å². The molecule has 3 amide bonds. The quantitative estimate of drug-likeness (QED) is 0.711. The predicted molar refractivity (Wildman–Crippen MR) is 129 cm³/mol. The van der Waals surface area contributed by atoms with Gasteiger partial charge in [-0.1, -0.05) is 30.3 Å². The summed E-state index contributed by atoms with van der Waals surface area (Å²) in [6.45, 7) is 5.71. The number of rotatable bonds is 6. The number of hydrogen-bond acceptors (Lipinski definition) is 5. The highest BCUT2D eigenvalue weighted by Gasteiger charge is 2.54. The lowest BCUT2D eigenvalue weighted by atomic mass is 9.85.